The fraction of sp³-hybridized carbons (Fsp3) is 0.923. The maximum atomic E-state index is 9.82. The van der Waals surface area contributed by atoms with E-state index in [-0.39, 0.29) is 5.97 Å². The van der Waals surface area contributed by atoms with Crippen molar-refractivity contribution in [3.05, 3.63) is 0 Å². The van der Waals surface area contributed by atoms with Crippen molar-refractivity contribution >= 4 is 5.97 Å². The molecule has 3 nitrogen and oxygen atoms in total. The maximum Gasteiger partial charge on any atom is 0.302 e. The highest BCUT2D eigenvalue weighted by Gasteiger charge is 1.95. The van der Waals surface area contributed by atoms with Crippen molar-refractivity contribution in [2.75, 3.05) is 27.7 Å². The van der Waals surface area contributed by atoms with Crippen molar-refractivity contribution in [2.24, 2.45) is 0 Å². The van der Waals surface area contributed by atoms with Crippen LogP contribution in [0.25, 0.3) is 0 Å². The Morgan fingerprint density at radius 3 is 1.31 bits per heavy atom. The van der Waals surface area contributed by atoms with E-state index in [1.54, 1.807) is 6.92 Å². The molecular formula is C13H29NO2. The molecule has 1 fully saturated rings. The van der Waals surface area contributed by atoms with Gasteiger partial charge >= 0.3 is 5.97 Å². The lowest BCUT2D eigenvalue weighted by Crippen LogP contribution is -1.99. The number of nitrogens with zero attached hydrogens (tertiary/aromatic N) is 1. The monoisotopic (exact) mass is 231 g/mol. The summed E-state index contributed by atoms with van der Waals surface area (Å²) in [5.74, 6) is -0.211. The number of hydrogen-bond donors (Lipinski definition) is 0. The van der Waals surface area contributed by atoms with Gasteiger partial charge in [0.15, 0.2) is 0 Å². The van der Waals surface area contributed by atoms with Crippen LogP contribution in [0.1, 0.15) is 52.4 Å². The van der Waals surface area contributed by atoms with Crippen LogP contribution in [0.5, 0.6) is 0 Å². The van der Waals surface area contributed by atoms with Gasteiger partial charge in [-0.05, 0) is 28.1 Å². The Morgan fingerprint density at radius 2 is 1.25 bits per heavy atom. The smallest absolute Gasteiger partial charge is 0.302 e. The molecule has 98 valence electrons. The highest BCUT2D eigenvalue weighted by atomic mass is 16.5. The zero-order valence-electron chi connectivity index (χ0n) is 11.7. The first-order valence-corrected chi connectivity index (χ1v) is 6.25. The number of carbonyl (C=O) groups is 1. The highest BCUT2D eigenvalue weighted by molar-refractivity contribution is 5.65. The summed E-state index contributed by atoms with van der Waals surface area (Å²) in [6.45, 7) is 3.65. The lowest BCUT2D eigenvalue weighted by Gasteiger charge is -2.05. The molecule has 0 N–H and O–H groups in total. The van der Waals surface area contributed by atoms with Gasteiger partial charge in [0.25, 0.3) is 0 Å². The number of carbonyl (C=O) groups excluding carboxylic acids is 1. The highest BCUT2D eigenvalue weighted by Crippen LogP contribution is 2.15. The molecular weight excluding hydrogens is 202 g/mol. The molecule has 3 heteroatoms. The van der Waals surface area contributed by atoms with Crippen LogP contribution in [-0.2, 0) is 9.53 Å². The Morgan fingerprint density at radius 1 is 1.00 bits per heavy atom. The molecule has 0 spiro atoms. The molecule has 1 aliphatic rings. The Hall–Kier alpha value is -0.570. The van der Waals surface area contributed by atoms with E-state index in [0.717, 1.165) is 0 Å². The minimum atomic E-state index is -0.211. The molecule has 0 aromatic heterocycles. The van der Waals surface area contributed by atoms with Gasteiger partial charge < -0.3 is 9.64 Å². The van der Waals surface area contributed by atoms with Crippen molar-refractivity contribution in [1.82, 2.24) is 4.90 Å². The third-order valence-corrected chi connectivity index (χ3v) is 1.85. The zero-order valence-corrected chi connectivity index (χ0v) is 11.7. The minimum Gasteiger partial charge on any atom is -0.466 e. The molecule has 0 unspecified atom stereocenters. The van der Waals surface area contributed by atoms with Crippen LogP contribution >= 0.6 is 0 Å². The second-order valence-corrected chi connectivity index (χ2v) is 4.39. The molecule has 0 heterocycles. The second kappa shape index (κ2) is 14.4. The van der Waals surface area contributed by atoms with Gasteiger partial charge in [0.05, 0.1) is 6.61 Å². The van der Waals surface area contributed by atoms with Gasteiger partial charge in [-0.1, -0.05) is 38.5 Å². The summed E-state index contributed by atoms with van der Waals surface area (Å²) in [7, 11) is 6.00. The summed E-state index contributed by atoms with van der Waals surface area (Å²) in [6.07, 6.45) is 9.00. The number of hydrogen-bond acceptors (Lipinski definition) is 3. The molecule has 1 saturated carbocycles. The van der Waals surface area contributed by atoms with E-state index in [1.165, 1.54) is 45.4 Å². The topological polar surface area (TPSA) is 29.5 Å². The summed E-state index contributed by atoms with van der Waals surface area (Å²) in [6, 6.07) is 0. The Bertz CT molecular complexity index is 129. The summed E-state index contributed by atoms with van der Waals surface area (Å²) < 4.78 is 4.40. The number of esters is 1. The van der Waals surface area contributed by atoms with Gasteiger partial charge in [-0.3, -0.25) is 4.79 Å². The number of rotatable bonds is 1. The molecule has 1 aliphatic carbocycles. The van der Waals surface area contributed by atoms with Crippen LogP contribution in [0, 0.1) is 0 Å². The molecule has 0 radical (unpaired) electrons. The fourth-order valence-corrected chi connectivity index (χ4v) is 1.26. The predicted molar refractivity (Wildman–Crippen MR) is 69.6 cm³/mol. The first-order valence-electron chi connectivity index (χ1n) is 6.25. The molecule has 0 amide bonds. The molecule has 0 atom stereocenters. The fourth-order valence-electron chi connectivity index (χ4n) is 1.26. The van der Waals surface area contributed by atoms with Gasteiger partial charge in [0, 0.05) is 6.92 Å². The molecule has 0 aromatic carbocycles. The summed E-state index contributed by atoms with van der Waals surface area (Å²) >= 11 is 0. The first kappa shape index (κ1) is 17.8. The van der Waals surface area contributed by atoms with E-state index in [9.17, 15) is 4.79 Å². The Kier molecular flexibility index (Phi) is 16.1. The lowest BCUT2D eigenvalue weighted by atomic mass is 10.0. The molecule has 0 aromatic rings. The second-order valence-electron chi connectivity index (χ2n) is 4.39. The van der Waals surface area contributed by atoms with Crippen molar-refractivity contribution in [3.63, 3.8) is 0 Å². The van der Waals surface area contributed by atoms with Gasteiger partial charge in [-0.15, -0.1) is 0 Å². The van der Waals surface area contributed by atoms with E-state index in [1.807, 2.05) is 26.0 Å². The molecule has 0 saturated heterocycles. The van der Waals surface area contributed by atoms with Gasteiger partial charge in [-0.25, -0.2) is 0 Å². The van der Waals surface area contributed by atoms with Crippen LogP contribution in [-0.4, -0.2) is 38.6 Å². The average Bonchev–Trinajstić information content (AvgIpc) is 2.20. The van der Waals surface area contributed by atoms with E-state index < -0.39 is 0 Å². The molecule has 0 bridgehead atoms. The van der Waals surface area contributed by atoms with E-state index in [0.29, 0.717) is 6.61 Å². The van der Waals surface area contributed by atoms with E-state index in [4.69, 9.17) is 0 Å². The average molecular weight is 231 g/mol. The van der Waals surface area contributed by atoms with Crippen LogP contribution < -0.4 is 0 Å². The predicted octanol–water partition coefficient (Wildman–Crippen LogP) is 3.09. The normalized spacial score (nSPS) is 14.1. The van der Waals surface area contributed by atoms with Gasteiger partial charge in [0.2, 0.25) is 0 Å². The quantitative estimate of drug-likeness (QED) is 0.649. The van der Waals surface area contributed by atoms with Crippen molar-refractivity contribution in [3.8, 4) is 0 Å². The SMILES string of the molecule is C1CCCCC1.CCOC(C)=O.CN(C)C. The third-order valence-electron chi connectivity index (χ3n) is 1.85. The molecule has 16 heavy (non-hydrogen) atoms. The maximum absolute atomic E-state index is 9.82. The van der Waals surface area contributed by atoms with Gasteiger partial charge in [0.1, 0.15) is 0 Å². The van der Waals surface area contributed by atoms with Crippen molar-refractivity contribution < 1.29 is 9.53 Å². The Labute approximate surface area is 101 Å². The Balaban J connectivity index is 0. The molecule has 1 rings (SSSR count). The van der Waals surface area contributed by atoms with Crippen LogP contribution in [0.3, 0.4) is 0 Å². The molecule has 0 aliphatic heterocycles. The number of ether oxygens (including phenoxy) is 1. The zero-order chi connectivity index (χ0) is 12.8. The van der Waals surface area contributed by atoms with Crippen molar-refractivity contribution in [2.45, 2.75) is 52.4 Å². The van der Waals surface area contributed by atoms with Crippen LogP contribution in [0.4, 0.5) is 0 Å². The summed E-state index contributed by atoms with van der Waals surface area (Å²) in [5, 5.41) is 0. The summed E-state index contributed by atoms with van der Waals surface area (Å²) in [5.41, 5.74) is 0. The van der Waals surface area contributed by atoms with Crippen LogP contribution in [0.15, 0.2) is 0 Å². The van der Waals surface area contributed by atoms with Gasteiger partial charge in [-0.2, -0.15) is 0 Å². The minimum absolute atomic E-state index is 0.211. The standard InChI is InChI=1S/C6H12.C4H8O2.C3H9N/c1-2-4-6-5-3-1;1-3-6-4(2)5;1-4(2)3/h1-6H2;3H2,1-2H3;1-3H3. The summed E-state index contributed by atoms with van der Waals surface area (Å²) in [4.78, 5) is 11.8. The van der Waals surface area contributed by atoms with E-state index in [2.05, 4.69) is 4.74 Å². The van der Waals surface area contributed by atoms with Crippen LogP contribution in [0.2, 0.25) is 0 Å². The largest absolute Gasteiger partial charge is 0.466 e. The third kappa shape index (κ3) is 29.2. The lowest BCUT2D eigenvalue weighted by molar-refractivity contribution is -0.140. The van der Waals surface area contributed by atoms with E-state index >= 15 is 0 Å². The van der Waals surface area contributed by atoms with Crippen molar-refractivity contribution in [1.29, 1.82) is 0 Å². The first-order chi connectivity index (χ1) is 7.50.